The van der Waals surface area contributed by atoms with Crippen molar-refractivity contribution in [3.63, 3.8) is 0 Å². The summed E-state index contributed by atoms with van der Waals surface area (Å²) in [6.45, 7) is 3.57. The number of phenolic OH excluding ortho intramolecular Hbond substituents is 1. The zero-order valence-corrected chi connectivity index (χ0v) is 19.4. The van der Waals surface area contributed by atoms with Crippen LogP contribution in [0.5, 0.6) is 5.75 Å². The van der Waals surface area contributed by atoms with Crippen LogP contribution in [0.25, 0.3) is 17.2 Å². The molecule has 1 amide bonds. The van der Waals surface area contributed by atoms with Gasteiger partial charge in [-0.1, -0.05) is 19.4 Å². The molecule has 186 valence electrons. The van der Waals surface area contributed by atoms with Gasteiger partial charge in [0, 0.05) is 18.6 Å². The number of aryl methyl sites for hydroxylation is 1. The number of hydrogen-bond donors (Lipinski definition) is 3. The number of rotatable bonds is 5. The maximum atomic E-state index is 13.1. The molecule has 4 heterocycles. The van der Waals surface area contributed by atoms with Crippen molar-refractivity contribution in [2.45, 2.75) is 44.7 Å². The minimum atomic E-state index is -4.74. The smallest absolute Gasteiger partial charge is 0.419 e. The molecule has 3 aromatic heterocycles. The largest absolute Gasteiger partial charge is 0.507 e. The molecule has 4 N–H and O–H groups in total. The third-order valence-corrected chi connectivity index (χ3v) is 6.44. The number of fused-ring (bicyclic) bond motifs is 2. The van der Waals surface area contributed by atoms with Crippen LogP contribution in [0.1, 0.15) is 49.1 Å². The third-order valence-electron chi connectivity index (χ3n) is 6.44. The van der Waals surface area contributed by atoms with Crippen molar-refractivity contribution in [2.75, 3.05) is 11.1 Å². The highest BCUT2D eigenvalue weighted by molar-refractivity contribution is 6.09. The molecular weight excluding hydrogens is 475 g/mol. The molecule has 12 heteroatoms. The first-order valence-electron chi connectivity index (χ1n) is 11.3. The van der Waals surface area contributed by atoms with Gasteiger partial charge in [-0.15, -0.1) is 0 Å². The van der Waals surface area contributed by atoms with Crippen molar-refractivity contribution < 1.29 is 23.1 Å². The van der Waals surface area contributed by atoms with Crippen molar-refractivity contribution in [2.24, 2.45) is 0 Å². The molecular formula is C24H22F3N7O2. The van der Waals surface area contributed by atoms with Gasteiger partial charge in [-0.25, -0.2) is 19.9 Å². The molecule has 0 bridgehead atoms. The molecule has 0 saturated carbocycles. The molecule has 0 fully saturated rings. The molecule has 0 aliphatic carbocycles. The topological polar surface area (TPSA) is 131 Å². The summed E-state index contributed by atoms with van der Waals surface area (Å²) in [6, 6.07) is 2.78. The van der Waals surface area contributed by atoms with Crippen molar-refractivity contribution in [1.82, 2.24) is 24.3 Å². The number of imidazole rings is 1. The van der Waals surface area contributed by atoms with E-state index in [-0.39, 0.29) is 28.6 Å². The number of nitrogens with zero attached hydrogens (tertiary/aromatic N) is 5. The number of halogens is 3. The summed E-state index contributed by atoms with van der Waals surface area (Å²) in [5, 5.41) is 12.7. The van der Waals surface area contributed by atoms with Crippen LogP contribution in [0.2, 0.25) is 0 Å². The zero-order chi connectivity index (χ0) is 25.8. The fourth-order valence-electron chi connectivity index (χ4n) is 4.50. The molecule has 4 aromatic rings. The average molecular weight is 497 g/mol. The molecule has 0 spiro atoms. The van der Waals surface area contributed by atoms with E-state index in [0.717, 1.165) is 42.4 Å². The van der Waals surface area contributed by atoms with E-state index in [0.29, 0.717) is 12.1 Å². The Morgan fingerprint density at radius 2 is 2.00 bits per heavy atom. The fourth-order valence-corrected chi connectivity index (χ4v) is 4.50. The summed E-state index contributed by atoms with van der Waals surface area (Å²) in [6.07, 6.45) is 3.02. The number of hydrogen-bond acceptors (Lipinski definition) is 7. The van der Waals surface area contributed by atoms with Gasteiger partial charge in [-0.2, -0.15) is 13.2 Å². The van der Waals surface area contributed by atoms with Crippen LogP contribution in [0.3, 0.4) is 0 Å². The molecule has 5 rings (SSSR count). The predicted octanol–water partition coefficient (Wildman–Crippen LogP) is 4.09. The van der Waals surface area contributed by atoms with E-state index in [1.165, 1.54) is 6.92 Å². The Balaban J connectivity index is 1.61. The summed E-state index contributed by atoms with van der Waals surface area (Å²) < 4.78 is 41.2. The molecule has 0 saturated heterocycles. The number of unbranched alkanes of at least 4 members (excludes halogenated alkanes) is 1. The second kappa shape index (κ2) is 8.18. The maximum absolute atomic E-state index is 13.1. The van der Waals surface area contributed by atoms with Gasteiger partial charge in [-0.05, 0) is 37.5 Å². The van der Waals surface area contributed by atoms with Gasteiger partial charge < -0.3 is 20.6 Å². The second-order valence-corrected chi connectivity index (χ2v) is 8.80. The Kier molecular flexibility index (Phi) is 5.34. The molecule has 0 unspecified atom stereocenters. The number of carbonyl (C=O) groups excluding carboxylic acids is 1. The lowest BCUT2D eigenvalue weighted by atomic mass is 9.77. The number of aromatic hydroxyl groups is 1. The fraction of sp³-hybridized carbons (Fsp3) is 0.292. The maximum Gasteiger partial charge on any atom is 0.419 e. The second-order valence-electron chi connectivity index (χ2n) is 8.80. The normalized spacial score (nSPS) is 17.4. The predicted molar refractivity (Wildman–Crippen MR) is 125 cm³/mol. The van der Waals surface area contributed by atoms with E-state index in [9.17, 15) is 23.1 Å². The highest BCUT2D eigenvalue weighted by Gasteiger charge is 2.48. The number of nitrogens with one attached hydrogen (secondary N) is 1. The van der Waals surface area contributed by atoms with Crippen LogP contribution in [-0.4, -0.2) is 35.4 Å². The highest BCUT2D eigenvalue weighted by Crippen LogP contribution is 2.47. The van der Waals surface area contributed by atoms with Gasteiger partial charge in [0.2, 0.25) is 5.91 Å². The number of alkyl halides is 3. The van der Waals surface area contributed by atoms with Crippen LogP contribution in [0.15, 0.2) is 36.8 Å². The Morgan fingerprint density at radius 1 is 1.22 bits per heavy atom. The lowest BCUT2D eigenvalue weighted by Gasteiger charge is -2.24. The van der Waals surface area contributed by atoms with Crippen molar-refractivity contribution >= 4 is 23.2 Å². The summed E-state index contributed by atoms with van der Waals surface area (Å²) in [5.74, 6) is -1.27. The van der Waals surface area contributed by atoms with Crippen LogP contribution >= 0.6 is 0 Å². The number of nitrogen functional groups attached to an aromatic ring is 1. The van der Waals surface area contributed by atoms with Crippen molar-refractivity contribution in [1.29, 1.82) is 0 Å². The Hall–Kier alpha value is -4.22. The van der Waals surface area contributed by atoms with Crippen molar-refractivity contribution in [3.05, 3.63) is 59.2 Å². The average Bonchev–Trinajstić information content (AvgIpc) is 3.39. The molecule has 1 aliphatic rings. The van der Waals surface area contributed by atoms with Gasteiger partial charge >= 0.3 is 6.18 Å². The Morgan fingerprint density at radius 3 is 2.69 bits per heavy atom. The van der Waals surface area contributed by atoms with E-state index in [1.807, 2.05) is 4.40 Å². The number of phenols is 1. The van der Waals surface area contributed by atoms with E-state index >= 15 is 0 Å². The van der Waals surface area contributed by atoms with Gasteiger partial charge in [0.25, 0.3) is 0 Å². The first-order valence-corrected chi connectivity index (χ1v) is 11.3. The Bertz CT molecular complexity index is 1520. The minimum Gasteiger partial charge on any atom is -0.507 e. The third kappa shape index (κ3) is 3.60. The quantitative estimate of drug-likeness (QED) is 0.378. The molecule has 1 aliphatic heterocycles. The molecule has 36 heavy (non-hydrogen) atoms. The van der Waals surface area contributed by atoms with E-state index in [4.69, 9.17) is 5.73 Å². The van der Waals surface area contributed by atoms with E-state index in [1.54, 1.807) is 18.6 Å². The first-order chi connectivity index (χ1) is 17.0. The summed E-state index contributed by atoms with van der Waals surface area (Å²) >= 11 is 0. The lowest BCUT2D eigenvalue weighted by molar-refractivity contribution is -0.138. The molecule has 1 aromatic carbocycles. The van der Waals surface area contributed by atoms with Crippen LogP contribution in [0.4, 0.5) is 24.8 Å². The highest BCUT2D eigenvalue weighted by atomic mass is 19.4. The van der Waals surface area contributed by atoms with E-state index < -0.39 is 28.8 Å². The monoisotopic (exact) mass is 497 g/mol. The molecule has 0 radical (unpaired) electrons. The summed E-state index contributed by atoms with van der Waals surface area (Å²) in [5.41, 5.74) is 5.84. The number of anilines is 2. The number of carbonyl (C=O) groups is 1. The molecule has 1 atom stereocenters. The van der Waals surface area contributed by atoms with Crippen LogP contribution in [-0.2, 0) is 22.8 Å². The summed E-state index contributed by atoms with van der Waals surface area (Å²) in [4.78, 5) is 31.0. The lowest BCUT2D eigenvalue weighted by Crippen LogP contribution is -2.33. The number of amides is 1. The number of aromatic nitrogens is 5. The van der Waals surface area contributed by atoms with Gasteiger partial charge in [0.15, 0.2) is 11.5 Å². The van der Waals surface area contributed by atoms with Gasteiger partial charge in [0.05, 0.1) is 16.8 Å². The number of benzene rings is 1. The number of nitrogens with two attached hydrogens (primary N) is 1. The summed E-state index contributed by atoms with van der Waals surface area (Å²) in [7, 11) is 0. The zero-order valence-electron chi connectivity index (χ0n) is 19.4. The minimum absolute atomic E-state index is 0.0297. The van der Waals surface area contributed by atoms with Crippen LogP contribution in [0, 0.1) is 0 Å². The van der Waals surface area contributed by atoms with Gasteiger partial charge in [0.1, 0.15) is 28.5 Å². The first kappa shape index (κ1) is 23.5. The van der Waals surface area contributed by atoms with Crippen LogP contribution < -0.4 is 11.1 Å². The van der Waals surface area contributed by atoms with E-state index in [2.05, 4.69) is 32.2 Å². The molecule has 9 nitrogen and oxygen atoms in total. The van der Waals surface area contributed by atoms with Gasteiger partial charge in [-0.3, -0.25) is 4.79 Å². The SMILES string of the molecule is CCCCc1nc(-c2nc(N)c3c(n2)NC(=O)[C@@]3(C)c2ccc(C(F)(F)F)c(O)c2)cn2ccnc12. The Labute approximate surface area is 203 Å². The standard InChI is InChI=1S/C24H22F3N7O2/c1-3-4-5-14-21-29-8-9-34(21)11-15(30-14)19-31-18(28)17-20(32-19)33-22(36)23(17,2)12-6-7-13(16(35)10-12)24(25,26)27/h6-11,35H,3-5H2,1-2H3,(H3,28,31,32,33,36)/t23-/m0/s1. The van der Waals surface area contributed by atoms with Crippen molar-refractivity contribution in [3.8, 4) is 17.3 Å².